The summed E-state index contributed by atoms with van der Waals surface area (Å²) in [4.78, 5) is 23.2. The topological polar surface area (TPSA) is 75.6 Å². The third-order valence-corrected chi connectivity index (χ3v) is 4.14. The number of carboxylic acids is 1. The maximum atomic E-state index is 11.8. The van der Waals surface area contributed by atoms with E-state index in [4.69, 9.17) is 4.74 Å². The van der Waals surface area contributed by atoms with Gasteiger partial charge in [0.25, 0.3) is 0 Å². The molecular formula is C16H17NO4. The van der Waals surface area contributed by atoms with Gasteiger partial charge in [0.1, 0.15) is 6.04 Å². The first-order valence-electron chi connectivity index (χ1n) is 7.09. The van der Waals surface area contributed by atoms with Crippen LogP contribution in [0.4, 0.5) is 5.69 Å². The lowest BCUT2D eigenvalue weighted by atomic mass is 9.79. The van der Waals surface area contributed by atoms with Crippen LogP contribution < -0.4 is 5.32 Å². The van der Waals surface area contributed by atoms with E-state index >= 15 is 0 Å². The standard InChI is InChI=1S/C16H17NO4/c1-2-21-16(20)9-6-7-13-12(8-9)10-4-3-5-11(10)14(17-13)15(18)19/h3-4,6-8,10-11,14,17H,2,5H2,1H3,(H,18,19)/t10-,11-,14+/m1/s1. The number of ether oxygens (including phenoxy) is 1. The minimum atomic E-state index is -0.839. The van der Waals surface area contributed by atoms with Gasteiger partial charge in [0.15, 0.2) is 0 Å². The van der Waals surface area contributed by atoms with E-state index in [-0.39, 0.29) is 17.8 Å². The Balaban J connectivity index is 1.99. The molecule has 1 aromatic rings. The van der Waals surface area contributed by atoms with E-state index in [1.165, 1.54) is 0 Å². The van der Waals surface area contributed by atoms with Gasteiger partial charge in [-0.15, -0.1) is 0 Å². The number of hydrogen-bond acceptors (Lipinski definition) is 4. The first-order valence-corrected chi connectivity index (χ1v) is 7.09. The predicted octanol–water partition coefficient (Wildman–Crippen LogP) is 2.40. The SMILES string of the molecule is CCOC(=O)c1ccc2c(c1)[C@@H]1C=CC[C@H]1[C@@H](C(=O)O)N2. The number of rotatable bonds is 3. The van der Waals surface area contributed by atoms with Gasteiger partial charge in [0.2, 0.25) is 0 Å². The summed E-state index contributed by atoms with van der Waals surface area (Å²) in [6, 6.07) is 4.65. The van der Waals surface area contributed by atoms with Gasteiger partial charge in [0, 0.05) is 17.5 Å². The summed E-state index contributed by atoms with van der Waals surface area (Å²) >= 11 is 0. The number of hydrogen-bond donors (Lipinski definition) is 2. The maximum Gasteiger partial charge on any atom is 0.338 e. The largest absolute Gasteiger partial charge is 0.480 e. The lowest BCUT2D eigenvalue weighted by Crippen LogP contribution is -2.41. The van der Waals surface area contributed by atoms with Gasteiger partial charge in [-0.2, -0.15) is 0 Å². The van der Waals surface area contributed by atoms with Gasteiger partial charge in [-0.05, 0) is 37.1 Å². The summed E-state index contributed by atoms with van der Waals surface area (Å²) < 4.78 is 5.02. The summed E-state index contributed by atoms with van der Waals surface area (Å²) in [5.41, 5.74) is 2.25. The van der Waals surface area contributed by atoms with E-state index < -0.39 is 12.0 Å². The Bertz CT molecular complexity index is 623. The molecule has 0 aromatic heterocycles. The fraction of sp³-hybridized carbons (Fsp3) is 0.375. The number of carbonyl (C=O) groups is 2. The number of benzene rings is 1. The van der Waals surface area contributed by atoms with Crippen molar-refractivity contribution in [2.75, 3.05) is 11.9 Å². The molecule has 0 spiro atoms. The van der Waals surface area contributed by atoms with Crippen molar-refractivity contribution in [2.24, 2.45) is 5.92 Å². The smallest absolute Gasteiger partial charge is 0.338 e. The van der Waals surface area contributed by atoms with E-state index in [9.17, 15) is 14.7 Å². The Hall–Kier alpha value is -2.30. The summed E-state index contributed by atoms with van der Waals surface area (Å²) in [6.45, 7) is 2.10. The monoisotopic (exact) mass is 287 g/mol. The van der Waals surface area contributed by atoms with Gasteiger partial charge in [-0.1, -0.05) is 12.2 Å². The number of aliphatic carboxylic acids is 1. The Morgan fingerprint density at radius 2 is 2.24 bits per heavy atom. The molecular weight excluding hydrogens is 270 g/mol. The minimum absolute atomic E-state index is 0.00699. The van der Waals surface area contributed by atoms with Crippen LogP contribution in [-0.4, -0.2) is 29.7 Å². The molecule has 0 radical (unpaired) electrons. The van der Waals surface area contributed by atoms with Crippen LogP contribution in [0.1, 0.15) is 35.2 Å². The predicted molar refractivity (Wildman–Crippen MR) is 77.4 cm³/mol. The lowest BCUT2D eigenvalue weighted by molar-refractivity contribution is -0.139. The van der Waals surface area contributed by atoms with Crippen molar-refractivity contribution in [3.8, 4) is 0 Å². The molecule has 0 amide bonds. The van der Waals surface area contributed by atoms with Crippen molar-refractivity contribution in [3.05, 3.63) is 41.5 Å². The van der Waals surface area contributed by atoms with Crippen molar-refractivity contribution >= 4 is 17.6 Å². The average Bonchev–Trinajstić information content (AvgIpc) is 2.95. The van der Waals surface area contributed by atoms with Crippen molar-refractivity contribution in [2.45, 2.75) is 25.3 Å². The number of anilines is 1. The van der Waals surface area contributed by atoms with Crippen LogP contribution in [0.5, 0.6) is 0 Å². The normalized spacial score (nSPS) is 25.7. The maximum absolute atomic E-state index is 11.8. The molecule has 0 saturated heterocycles. The number of esters is 1. The van der Waals surface area contributed by atoms with Crippen LogP contribution in [0.15, 0.2) is 30.4 Å². The lowest BCUT2D eigenvalue weighted by Gasteiger charge is -2.34. The van der Waals surface area contributed by atoms with Crippen molar-refractivity contribution < 1.29 is 19.4 Å². The molecule has 110 valence electrons. The molecule has 0 fully saturated rings. The highest BCUT2D eigenvalue weighted by molar-refractivity contribution is 5.91. The zero-order valence-corrected chi connectivity index (χ0v) is 11.7. The fourth-order valence-corrected chi connectivity index (χ4v) is 3.18. The molecule has 2 aliphatic rings. The van der Waals surface area contributed by atoms with Crippen LogP contribution in [0.2, 0.25) is 0 Å². The second kappa shape index (κ2) is 5.24. The number of fused-ring (bicyclic) bond motifs is 3. The van der Waals surface area contributed by atoms with E-state index in [0.29, 0.717) is 12.2 Å². The molecule has 0 unspecified atom stereocenters. The first-order chi connectivity index (χ1) is 10.1. The van der Waals surface area contributed by atoms with Gasteiger partial charge in [-0.3, -0.25) is 0 Å². The molecule has 1 aliphatic carbocycles. The molecule has 1 aromatic carbocycles. The minimum Gasteiger partial charge on any atom is -0.480 e. The summed E-state index contributed by atoms with van der Waals surface area (Å²) in [7, 11) is 0. The fourth-order valence-electron chi connectivity index (χ4n) is 3.18. The Labute approximate surface area is 122 Å². The van der Waals surface area contributed by atoms with Crippen LogP contribution in [-0.2, 0) is 9.53 Å². The number of carbonyl (C=O) groups excluding carboxylic acids is 1. The molecule has 0 saturated carbocycles. The zero-order chi connectivity index (χ0) is 15.0. The molecule has 3 atom stereocenters. The van der Waals surface area contributed by atoms with Gasteiger partial charge in [-0.25, -0.2) is 9.59 Å². The van der Waals surface area contributed by atoms with Gasteiger partial charge >= 0.3 is 11.9 Å². The van der Waals surface area contributed by atoms with Crippen LogP contribution >= 0.6 is 0 Å². The molecule has 21 heavy (non-hydrogen) atoms. The molecule has 3 rings (SSSR count). The zero-order valence-electron chi connectivity index (χ0n) is 11.7. The van der Waals surface area contributed by atoms with Crippen molar-refractivity contribution in [3.63, 3.8) is 0 Å². The Morgan fingerprint density at radius 1 is 1.43 bits per heavy atom. The molecule has 1 heterocycles. The third-order valence-electron chi connectivity index (χ3n) is 4.14. The molecule has 0 bridgehead atoms. The highest BCUT2D eigenvalue weighted by atomic mass is 16.5. The second-order valence-electron chi connectivity index (χ2n) is 5.34. The van der Waals surface area contributed by atoms with E-state index in [0.717, 1.165) is 17.7 Å². The molecule has 5 nitrogen and oxygen atoms in total. The third kappa shape index (κ3) is 2.28. The highest BCUT2D eigenvalue weighted by Crippen LogP contribution is 2.44. The van der Waals surface area contributed by atoms with E-state index in [2.05, 4.69) is 5.32 Å². The Morgan fingerprint density at radius 3 is 2.95 bits per heavy atom. The average molecular weight is 287 g/mol. The Kier molecular flexibility index (Phi) is 3.41. The first kappa shape index (κ1) is 13.7. The number of nitrogens with one attached hydrogen (secondary N) is 1. The quantitative estimate of drug-likeness (QED) is 0.659. The van der Waals surface area contributed by atoms with Gasteiger partial charge in [0.05, 0.1) is 12.2 Å². The van der Waals surface area contributed by atoms with Crippen molar-refractivity contribution in [1.29, 1.82) is 0 Å². The summed E-state index contributed by atoms with van der Waals surface area (Å²) in [5.74, 6) is -1.16. The molecule has 2 N–H and O–H groups in total. The molecule has 5 heteroatoms. The van der Waals surface area contributed by atoms with Crippen LogP contribution in [0, 0.1) is 5.92 Å². The number of carboxylic acid groups (broad SMARTS) is 1. The van der Waals surface area contributed by atoms with E-state index in [1.807, 2.05) is 18.2 Å². The van der Waals surface area contributed by atoms with Crippen LogP contribution in [0.3, 0.4) is 0 Å². The highest BCUT2D eigenvalue weighted by Gasteiger charge is 2.40. The second-order valence-corrected chi connectivity index (χ2v) is 5.34. The van der Waals surface area contributed by atoms with E-state index in [1.54, 1.807) is 19.1 Å². The summed E-state index contributed by atoms with van der Waals surface area (Å²) in [5, 5.41) is 12.4. The summed E-state index contributed by atoms with van der Waals surface area (Å²) in [6.07, 6.45) is 4.78. The van der Waals surface area contributed by atoms with Crippen LogP contribution in [0.25, 0.3) is 0 Å². The van der Waals surface area contributed by atoms with Crippen molar-refractivity contribution in [1.82, 2.24) is 0 Å². The molecule has 1 aliphatic heterocycles. The number of allylic oxidation sites excluding steroid dienone is 2. The van der Waals surface area contributed by atoms with Gasteiger partial charge < -0.3 is 15.2 Å².